The van der Waals surface area contributed by atoms with Gasteiger partial charge in [0, 0.05) is 23.5 Å². The molecule has 3 aliphatic carbocycles. The standard InChI is InChI=1S/C25H32N2O2/c1-24-13-12-18-16(17(24)9-10-19(24)23(26)29)8-11-21-25(18,2)20(14-22(28)27-21)15-6-4-3-5-7-15/h3-7,14,16-19,21H,8-13H2,1-2H3,(H2,26,29)(H,27,28)/t16-,17-,18-,19+,21+,24-,25-/m0/s1. The molecule has 154 valence electrons. The number of nitrogens with one attached hydrogen (secondary N) is 1. The van der Waals surface area contributed by atoms with Crippen LogP contribution in [-0.4, -0.2) is 17.9 Å². The first kappa shape index (κ1) is 18.9. The number of fused-ring (bicyclic) bond motifs is 5. The van der Waals surface area contributed by atoms with Crippen molar-refractivity contribution >= 4 is 17.4 Å². The van der Waals surface area contributed by atoms with Crippen molar-refractivity contribution in [3.8, 4) is 0 Å². The Balaban J connectivity index is 1.56. The lowest BCUT2D eigenvalue weighted by Gasteiger charge is -2.60. The lowest BCUT2D eigenvalue weighted by Crippen LogP contribution is -2.60. The zero-order valence-electron chi connectivity index (χ0n) is 17.5. The molecule has 0 radical (unpaired) electrons. The van der Waals surface area contributed by atoms with Gasteiger partial charge in [0.15, 0.2) is 0 Å². The second kappa shape index (κ2) is 6.45. The van der Waals surface area contributed by atoms with E-state index in [2.05, 4.69) is 43.4 Å². The maximum Gasteiger partial charge on any atom is 0.244 e. The van der Waals surface area contributed by atoms with Gasteiger partial charge >= 0.3 is 0 Å². The number of benzene rings is 1. The second-order valence-corrected chi connectivity index (χ2v) is 10.3. The van der Waals surface area contributed by atoms with Crippen molar-refractivity contribution in [2.24, 2.45) is 40.2 Å². The molecule has 0 unspecified atom stereocenters. The molecule has 5 rings (SSSR count). The molecule has 0 bridgehead atoms. The van der Waals surface area contributed by atoms with Crippen LogP contribution in [0.3, 0.4) is 0 Å². The van der Waals surface area contributed by atoms with Gasteiger partial charge < -0.3 is 11.1 Å². The Hall–Kier alpha value is -2.10. The third-order valence-corrected chi connectivity index (χ3v) is 9.32. The Morgan fingerprint density at radius 1 is 1.03 bits per heavy atom. The summed E-state index contributed by atoms with van der Waals surface area (Å²) in [4.78, 5) is 24.7. The molecule has 0 saturated heterocycles. The molecule has 0 aromatic heterocycles. The molecule has 1 aliphatic heterocycles. The van der Waals surface area contributed by atoms with Crippen LogP contribution in [0.1, 0.15) is 57.9 Å². The molecule has 4 heteroatoms. The van der Waals surface area contributed by atoms with E-state index in [1.54, 1.807) is 0 Å². The number of carbonyl (C=O) groups excluding carboxylic acids is 2. The smallest absolute Gasteiger partial charge is 0.244 e. The van der Waals surface area contributed by atoms with E-state index in [1.807, 2.05) is 12.1 Å². The summed E-state index contributed by atoms with van der Waals surface area (Å²) in [6.45, 7) is 4.71. The van der Waals surface area contributed by atoms with Gasteiger partial charge in [0.25, 0.3) is 0 Å². The molecular weight excluding hydrogens is 360 g/mol. The Kier molecular flexibility index (Phi) is 4.20. The van der Waals surface area contributed by atoms with Gasteiger partial charge in [-0.15, -0.1) is 0 Å². The summed E-state index contributed by atoms with van der Waals surface area (Å²) in [7, 11) is 0. The summed E-state index contributed by atoms with van der Waals surface area (Å²) >= 11 is 0. The van der Waals surface area contributed by atoms with Gasteiger partial charge in [-0.3, -0.25) is 9.59 Å². The molecule has 0 spiro atoms. The van der Waals surface area contributed by atoms with Crippen LogP contribution >= 0.6 is 0 Å². The molecule has 4 aliphatic rings. The number of nitrogens with two attached hydrogens (primary N) is 1. The Morgan fingerprint density at radius 2 is 1.79 bits per heavy atom. The first-order valence-electron chi connectivity index (χ1n) is 11.2. The third kappa shape index (κ3) is 2.57. The maximum absolute atomic E-state index is 12.5. The zero-order valence-corrected chi connectivity index (χ0v) is 17.5. The van der Waals surface area contributed by atoms with Crippen LogP contribution < -0.4 is 11.1 Å². The van der Waals surface area contributed by atoms with Crippen molar-refractivity contribution in [3.63, 3.8) is 0 Å². The largest absolute Gasteiger partial charge is 0.369 e. The van der Waals surface area contributed by atoms with E-state index in [-0.39, 0.29) is 34.6 Å². The third-order valence-electron chi connectivity index (χ3n) is 9.32. The lowest BCUT2D eigenvalue weighted by molar-refractivity contribution is -0.131. The summed E-state index contributed by atoms with van der Waals surface area (Å²) in [5, 5.41) is 3.30. The zero-order chi connectivity index (χ0) is 20.4. The maximum atomic E-state index is 12.5. The summed E-state index contributed by atoms with van der Waals surface area (Å²) in [6.07, 6.45) is 8.23. The highest BCUT2D eigenvalue weighted by atomic mass is 16.2. The van der Waals surface area contributed by atoms with Crippen LogP contribution in [0.15, 0.2) is 36.4 Å². The van der Waals surface area contributed by atoms with Crippen LogP contribution in [0, 0.1) is 34.5 Å². The molecule has 4 nitrogen and oxygen atoms in total. The number of carbonyl (C=O) groups is 2. The summed E-state index contributed by atoms with van der Waals surface area (Å²) in [6, 6.07) is 10.6. The minimum atomic E-state index is -0.108. The van der Waals surface area contributed by atoms with Gasteiger partial charge in [-0.05, 0) is 72.8 Å². The molecule has 1 aromatic rings. The van der Waals surface area contributed by atoms with Gasteiger partial charge in [-0.2, -0.15) is 0 Å². The topological polar surface area (TPSA) is 72.2 Å². The van der Waals surface area contributed by atoms with E-state index in [0.29, 0.717) is 17.8 Å². The molecule has 29 heavy (non-hydrogen) atoms. The Labute approximate surface area is 173 Å². The first-order chi connectivity index (χ1) is 13.9. The van der Waals surface area contributed by atoms with Crippen molar-refractivity contribution in [1.82, 2.24) is 5.32 Å². The number of primary amides is 1. The quantitative estimate of drug-likeness (QED) is 0.801. The monoisotopic (exact) mass is 392 g/mol. The predicted molar refractivity (Wildman–Crippen MR) is 113 cm³/mol. The number of rotatable bonds is 2. The van der Waals surface area contributed by atoms with E-state index in [1.165, 1.54) is 11.1 Å². The van der Waals surface area contributed by atoms with Crippen molar-refractivity contribution in [2.45, 2.75) is 58.4 Å². The van der Waals surface area contributed by atoms with Crippen LogP contribution in [0.5, 0.6) is 0 Å². The van der Waals surface area contributed by atoms with Crippen molar-refractivity contribution in [3.05, 3.63) is 42.0 Å². The molecule has 3 fully saturated rings. The molecular formula is C25H32N2O2. The minimum Gasteiger partial charge on any atom is -0.369 e. The van der Waals surface area contributed by atoms with E-state index in [0.717, 1.165) is 38.5 Å². The molecule has 3 N–H and O–H groups in total. The van der Waals surface area contributed by atoms with E-state index in [4.69, 9.17) is 5.73 Å². The highest BCUT2D eigenvalue weighted by Gasteiger charge is 2.62. The molecule has 3 saturated carbocycles. The molecule has 1 aromatic carbocycles. The number of amides is 2. The second-order valence-electron chi connectivity index (χ2n) is 10.3. The van der Waals surface area contributed by atoms with Gasteiger partial charge in [0.05, 0.1) is 0 Å². The Morgan fingerprint density at radius 3 is 2.52 bits per heavy atom. The highest BCUT2D eigenvalue weighted by molar-refractivity contribution is 5.99. The fourth-order valence-corrected chi connectivity index (χ4v) is 7.94. The fraction of sp³-hybridized carbons (Fsp3) is 0.600. The van der Waals surface area contributed by atoms with Crippen LogP contribution in [0.25, 0.3) is 5.57 Å². The van der Waals surface area contributed by atoms with Crippen LogP contribution in [0.4, 0.5) is 0 Å². The van der Waals surface area contributed by atoms with E-state index in [9.17, 15) is 9.59 Å². The summed E-state index contributed by atoms with van der Waals surface area (Å²) in [5.74, 6) is 1.64. The SMILES string of the molecule is C[C@]12CC[C@H]3[C@@H](CC[C@H]4NC(=O)C=C(c5ccccc5)[C@@]43C)[C@@H]1CC[C@@H]2C(N)=O. The van der Waals surface area contributed by atoms with E-state index >= 15 is 0 Å². The fourth-order valence-electron chi connectivity index (χ4n) is 7.94. The van der Waals surface area contributed by atoms with Gasteiger partial charge in [0.2, 0.25) is 11.8 Å². The van der Waals surface area contributed by atoms with E-state index < -0.39 is 0 Å². The number of hydrogen-bond donors (Lipinski definition) is 2. The summed E-state index contributed by atoms with van der Waals surface area (Å²) < 4.78 is 0. The number of hydrogen-bond acceptors (Lipinski definition) is 2. The van der Waals surface area contributed by atoms with Crippen LogP contribution in [-0.2, 0) is 9.59 Å². The summed E-state index contributed by atoms with van der Waals surface area (Å²) in [5.41, 5.74) is 8.16. The van der Waals surface area contributed by atoms with Gasteiger partial charge in [-0.25, -0.2) is 0 Å². The highest BCUT2D eigenvalue weighted by Crippen LogP contribution is 2.66. The van der Waals surface area contributed by atoms with Gasteiger partial charge in [-0.1, -0.05) is 44.2 Å². The van der Waals surface area contributed by atoms with Crippen molar-refractivity contribution in [2.75, 3.05) is 0 Å². The molecule has 1 heterocycles. The molecule has 2 amide bonds. The average molecular weight is 393 g/mol. The van der Waals surface area contributed by atoms with Crippen molar-refractivity contribution < 1.29 is 9.59 Å². The van der Waals surface area contributed by atoms with Gasteiger partial charge in [0.1, 0.15) is 0 Å². The molecule has 7 atom stereocenters. The average Bonchev–Trinajstić information content (AvgIpc) is 3.06. The Bertz CT molecular complexity index is 878. The normalized spacial score (nSPS) is 43.4. The lowest BCUT2D eigenvalue weighted by atomic mass is 9.46. The van der Waals surface area contributed by atoms with Crippen molar-refractivity contribution in [1.29, 1.82) is 0 Å². The predicted octanol–water partition coefficient (Wildman–Crippen LogP) is 3.91. The minimum absolute atomic E-state index is 0.0224. The first-order valence-corrected chi connectivity index (χ1v) is 11.2. The van der Waals surface area contributed by atoms with Crippen LogP contribution in [0.2, 0.25) is 0 Å².